The van der Waals surface area contributed by atoms with Crippen molar-refractivity contribution in [3.63, 3.8) is 0 Å². The molecule has 0 radical (unpaired) electrons. The van der Waals surface area contributed by atoms with E-state index in [9.17, 15) is 14.8 Å². The Morgan fingerprint density at radius 1 is 1.31 bits per heavy atom. The molecule has 0 aliphatic heterocycles. The Morgan fingerprint density at radius 2 is 2.12 bits per heavy atom. The predicted octanol–water partition coefficient (Wildman–Crippen LogP) is 0.943. The van der Waals surface area contributed by atoms with Crippen molar-refractivity contribution in [2.45, 2.75) is 0 Å². The van der Waals surface area contributed by atoms with Crippen LogP contribution in [0.1, 0.15) is 10.4 Å². The van der Waals surface area contributed by atoms with E-state index in [2.05, 4.69) is 0 Å². The van der Waals surface area contributed by atoms with Gasteiger partial charge >= 0.3 is 0 Å². The molecule has 0 aliphatic carbocycles. The summed E-state index contributed by atoms with van der Waals surface area (Å²) in [7, 11) is 0. The second-order valence-electron chi connectivity index (χ2n) is 3.19. The largest absolute Gasteiger partial charge is 0.502 e. The second kappa shape index (κ2) is 3.98. The van der Waals surface area contributed by atoms with Gasteiger partial charge in [-0.2, -0.15) is 0 Å². The summed E-state index contributed by atoms with van der Waals surface area (Å²) < 4.78 is 4.90. The number of aromatic hydroxyl groups is 1. The van der Waals surface area contributed by atoms with Gasteiger partial charge in [0.2, 0.25) is 5.75 Å². The highest BCUT2D eigenvalue weighted by Crippen LogP contribution is 2.30. The lowest BCUT2D eigenvalue weighted by Gasteiger charge is -2.00. The minimum atomic E-state index is -0.350. The van der Waals surface area contributed by atoms with Gasteiger partial charge in [0.05, 0.1) is 18.1 Å². The molecule has 0 unspecified atom stereocenters. The molecule has 1 aromatic heterocycles. The summed E-state index contributed by atoms with van der Waals surface area (Å²) in [6.07, 6.45) is 3.45. The van der Waals surface area contributed by atoms with E-state index in [1.165, 1.54) is 24.7 Å². The number of rotatable bonds is 3. The number of phenolic OH excluding ortho intramolecular Hbond substituents is 1. The van der Waals surface area contributed by atoms with Gasteiger partial charge in [-0.05, 0) is 17.7 Å². The number of benzene rings is 1. The van der Waals surface area contributed by atoms with Crippen LogP contribution in [0, 0.1) is 4.91 Å². The summed E-state index contributed by atoms with van der Waals surface area (Å²) in [5.74, 6) is -0.350. The minimum Gasteiger partial charge on any atom is -0.502 e. The Hall–Kier alpha value is -2.43. The Bertz CT molecular complexity index is 502. The molecule has 5 nitrogen and oxygen atoms in total. The molecular formula is C11H8NO4+. The van der Waals surface area contributed by atoms with Crippen LogP contribution in [-0.2, 0) is 0 Å². The van der Waals surface area contributed by atoms with E-state index in [0.717, 1.165) is 5.56 Å². The average molecular weight is 218 g/mol. The van der Waals surface area contributed by atoms with Crippen molar-refractivity contribution >= 4 is 12.0 Å². The normalized spacial score (nSPS) is 10.0. The number of hydrogen-bond acceptors (Lipinski definition) is 4. The molecule has 2 rings (SSSR count). The SMILES string of the molecule is O=Cc1cc(-c2ccoc2)cc([NH+]=O)c1O. The van der Waals surface area contributed by atoms with E-state index in [-0.39, 0.29) is 17.0 Å². The fourth-order valence-electron chi connectivity index (χ4n) is 1.42. The molecule has 0 saturated heterocycles. The van der Waals surface area contributed by atoms with Gasteiger partial charge < -0.3 is 9.52 Å². The van der Waals surface area contributed by atoms with Crippen molar-refractivity contribution in [3.05, 3.63) is 41.2 Å². The molecule has 0 fully saturated rings. The number of carbonyl (C=O) groups excluding carboxylic acids is 1. The number of carbonyl (C=O) groups is 1. The lowest BCUT2D eigenvalue weighted by Crippen LogP contribution is -2.55. The molecule has 16 heavy (non-hydrogen) atoms. The first-order chi connectivity index (χ1) is 7.76. The summed E-state index contributed by atoms with van der Waals surface area (Å²) in [6.45, 7) is 0. The highest BCUT2D eigenvalue weighted by Gasteiger charge is 2.15. The zero-order valence-corrected chi connectivity index (χ0v) is 8.14. The lowest BCUT2D eigenvalue weighted by molar-refractivity contribution is -0.380. The molecule has 2 N–H and O–H groups in total. The third-order valence-corrected chi connectivity index (χ3v) is 2.23. The van der Waals surface area contributed by atoms with Gasteiger partial charge in [-0.3, -0.25) is 4.79 Å². The summed E-state index contributed by atoms with van der Waals surface area (Å²) in [4.78, 5) is 21.3. The van der Waals surface area contributed by atoms with Crippen molar-refractivity contribution in [1.29, 1.82) is 0 Å². The van der Waals surface area contributed by atoms with Crippen molar-refractivity contribution in [2.24, 2.45) is 0 Å². The molecule has 1 aromatic carbocycles. The molecule has 0 atom stereocenters. The van der Waals surface area contributed by atoms with E-state index in [1.807, 2.05) is 0 Å². The smallest absolute Gasteiger partial charge is 0.296 e. The summed E-state index contributed by atoms with van der Waals surface area (Å²) in [5.41, 5.74) is 1.35. The fraction of sp³-hybridized carbons (Fsp3) is 0. The minimum absolute atomic E-state index is 0.0409. The first kappa shape index (κ1) is 10.1. The first-order valence-electron chi connectivity index (χ1n) is 4.49. The van der Waals surface area contributed by atoms with Crippen LogP contribution < -0.4 is 5.18 Å². The molecule has 0 amide bonds. The Labute approximate surface area is 90.3 Å². The van der Waals surface area contributed by atoms with Gasteiger partial charge in [-0.15, -0.1) is 0 Å². The topological polar surface area (TPSA) is 81.5 Å². The Kier molecular flexibility index (Phi) is 2.51. The summed E-state index contributed by atoms with van der Waals surface area (Å²) in [5, 5.41) is 11.1. The number of aldehydes is 1. The van der Waals surface area contributed by atoms with Crippen LogP contribution in [0.2, 0.25) is 0 Å². The van der Waals surface area contributed by atoms with E-state index >= 15 is 0 Å². The lowest BCUT2D eigenvalue weighted by atomic mass is 10.0. The van der Waals surface area contributed by atoms with Crippen LogP contribution in [-0.4, -0.2) is 11.4 Å². The van der Waals surface area contributed by atoms with Crippen LogP contribution in [0.3, 0.4) is 0 Å². The standard InChI is InChI=1S/C11H7NO4/c13-5-9-3-8(7-1-2-16-6-7)4-10(12-15)11(9)14/h1-6,14H/p+1. The van der Waals surface area contributed by atoms with Crippen LogP contribution in [0.4, 0.5) is 5.69 Å². The first-order valence-corrected chi connectivity index (χ1v) is 4.49. The maximum absolute atomic E-state index is 10.7. The van der Waals surface area contributed by atoms with Gasteiger partial charge in [0.15, 0.2) is 6.29 Å². The molecule has 80 valence electrons. The third-order valence-electron chi connectivity index (χ3n) is 2.23. The highest BCUT2D eigenvalue weighted by molar-refractivity contribution is 5.85. The molecule has 0 spiro atoms. The third kappa shape index (κ3) is 1.58. The molecule has 2 aromatic rings. The average Bonchev–Trinajstić information content (AvgIpc) is 2.83. The fourth-order valence-corrected chi connectivity index (χ4v) is 1.42. The molecule has 1 heterocycles. The molecular weight excluding hydrogens is 210 g/mol. The highest BCUT2D eigenvalue weighted by atomic mass is 16.3. The van der Waals surface area contributed by atoms with Gasteiger partial charge in [-0.1, -0.05) is 0 Å². The van der Waals surface area contributed by atoms with E-state index in [4.69, 9.17) is 4.42 Å². The molecule has 0 saturated carbocycles. The zero-order valence-electron chi connectivity index (χ0n) is 8.14. The summed E-state index contributed by atoms with van der Waals surface area (Å²) >= 11 is 0. The van der Waals surface area contributed by atoms with E-state index in [0.29, 0.717) is 11.8 Å². The van der Waals surface area contributed by atoms with Crippen molar-refractivity contribution in [2.75, 3.05) is 0 Å². The predicted molar refractivity (Wildman–Crippen MR) is 55.2 cm³/mol. The maximum atomic E-state index is 10.7. The molecule has 5 heteroatoms. The van der Waals surface area contributed by atoms with Crippen LogP contribution >= 0.6 is 0 Å². The zero-order chi connectivity index (χ0) is 11.5. The number of furan rings is 1. The number of phenols is 1. The maximum Gasteiger partial charge on any atom is 0.296 e. The number of nitrogens with one attached hydrogen (secondary N) is 1. The van der Waals surface area contributed by atoms with Crippen LogP contribution in [0.25, 0.3) is 11.1 Å². The van der Waals surface area contributed by atoms with Gasteiger partial charge in [0.1, 0.15) is 0 Å². The molecule has 0 bridgehead atoms. The number of nitroso groups, excluding NO2 is 1. The van der Waals surface area contributed by atoms with Crippen LogP contribution in [0.15, 0.2) is 35.1 Å². The van der Waals surface area contributed by atoms with Crippen molar-refractivity contribution < 1.29 is 19.5 Å². The van der Waals surface area contributed by atoms with Crippen molar-refractivity contribution in [3.8, 4) is 16.9 Å². The van der Waals surface area contributed by atoms with Crippen LogP contribution in [0.5, 0.6) is 5.75 Å². The Morgan fingerprint density at radius 3 is 2.69 bits per heavy atom. The van der Waals surface area contributed by atoms with E-state index in [1.54, 1.807) is 11.2 Å². The van der Waals surface area contributed by atoms with Gasteiger partial charge in [0.25, 0.3) is 5.69 Å². The van der Waals surface area contributed by atoms with Crippen molar-refractivity contribution in [1.82, 2.24) is 0 Å². The Balaban J connectivity index is 2.64. The molecule has 0 aliphatic rings. The van der Waals surface area contributed by atoms with Gasteiger partial charge in [0, 0.05) is 21.7 Å². The number of hydrogen-bond donors (Lipinski definition) is 2. The second-order valence-corrected chi connectivity index (χ2v) is 3.19. The van der Waals surface area contributed by atoms with E-state index < -0.39 is 0 Å². The quantitative estimate of drug-likeness (QED) is 0.593. The monoisotopic (exact) mass is 218 g/mol. The summed E-state index contributed by atoms with van der Waals surface area (Å²) in [6, 6.07) is 4.61. The van der Waals surface area contributed by atoms with Gasteiger partial charge in [-0.25, -0.2) is 0 Å².